The molecule has 0 unspecified atom stereocenters. The molecule has 0 saturated carbocycles. The van der Waals surface area contributed by atoms with Crippen LogP contribution in [0, 0.1) is 6.92 Å². The van der Waals surface area contributed by atoms with Crippen molar-refractivity contribution in [1.82, 2.24) is 19.9 Å². The predicted molar refractivity (Wildman–Crippen MR) is 108 cm³/mol. The Morgan fingerprint density at radius 3 is 2.57 bits per heavy atom. The van der Waals surface area contributed by atoms with Gasteiger partial charge in [-0.15, -0.1) is 0 Å². The number of carbonyl (C=O) groups is 1. The van der Waals surface area contributed by atoms with Gasteiger partial charge >= 0.3 is 0 Å². The Morgan fingerprint density at radius 1 is 1.00 bits per heavy atom. The zero-order chi connectivity index (χ0) is 20.5. The summed E-state index contributed by atoms with van der Waals surface area (Å²) in [6, 6.07) is 13.3. The number of carbonyl (C=O) groups excluding carboxylic acids is 1. The molecule has 0 aliphatic carbocycles. The number of aromatic nitrogens is 2. The average Bonchev–Trinajstić information content (AvgIpc) is 3.43. The first-order valence-corrected chi connectivity index (χ1v) is 9.96. The van der Waals surface area contributed by atoms with Gasteiger partial charge in [-0.2, -0.15) is 4.98 Å². The highest BCUT2D eigenvalue weighted by atomic mass is 16.7. The minimum absolute atomic E-state index is 0.00849. The Balaban J connectivity index is 1.17. The molecule has 154 valence electrons. The summed E-state index contributed by atoms with van der Waals surface area (Å²) in [5.41, 5.74) is 2.72. The van der Waals surface area contributed by atoms with Crippen molar-refractivity contribution in [2.45, 2.75) is 13.5 Å². The van der Waals surface area contributed by atoms with Gasteiger partial charge in [-0.1, -0.05) is 22.9 Å². The summed E-state index contributed by atoms with van der Waals surface area (Å²) < 4.78 is 16.1. The second kappa shape index (κ2) is 7.79. The van der Waals surface area contributed by atoms with E-state index in [1.54, 1.807) is 18.2 Å². The van der Waals surface area contributed by atoms with Gasteiger partial charge in [-0.05, 0) is 37.3 Å². The van der Waals surface area contributed by atoms with Crippen molar-refractivity contribution in [2.75, 3.05) is 33.0 Å². The maximum absolute atomic E-state index is 12.8. The molecular weight excluding hydrogens is 384 g/mol. The van der Waals surface area contributed by atoms with Crippen molar-refractivity contribution >= 4 is 5.91 Å². The quantitative estimate of drug-likeness (QED) is 0.659. The highest BCUT2D eigenvalue weighted by Crippen LogP contribution is 2.32. The van der Waals surface area contributed by atoms with Crippen LogP contribution >= 0.6 is 0 Å². The summed E-state index contributed by atoms with van der Waals surface area (Å²) in [5, 5.41) is 4.11. The summed E-state index contributed by atoms with van der Waals surface area (Å²) in [7, 11) is 0. The Hall–Kier alpha value is -3.39. The van der Waals surface area contributed by atoms with Crippen molar-refractivity contribution in [3.05, 3.63) is 59.4 Å². The minimum atomic E-state index is 0.00849. The lowest BCUT2D eigenvalue weighted by molar-refractivity contribution is 0.0624. The minimum Gasteiger partial charge on any atom is -0.454 e. The second-order valence-corrected chi connectivity index (χ2v) is 7.52. The molecule has 3 heterocycles. The van der Waals surface area contributed by atoms with Gasteiger partial charge in [-0.25, -0.2) is 0 Å². The van der Waals surface area contributed by atoms with Crippen LogP contribution in [0.1, 0.15) is 21.7 Å². The molecule has 3 aromatic rings. The van der Waals surface area contributed by atoms with Crippen molar-refractivity contribution in [3.63, 3.8) is 0 Å². The van der Waals surface area contributed by atoms with Gasteiger partial charge in [0.25, 0.3) is 11.8 Å². The summed E-state index contributed by atoms with van der Waals surface area (Å²) in [5.74, 6) is 2.50. The zero-order valence-electron chi connectivity index (χ0n) is 16.7. The summed E-state index contributed by atoms with van der Waals surface area (Å²) in [6.45, 7) is 5.65. The molecule has 1 aromatic heterocycles. The van der Waals surface area contributed by atoms with Crippen molar-refractivity contribution in [2.24, 2.45) is 0 Å². The molecule has 0 spiro atoms. The lowest BCUT2D eigenvalue weighted by Gasteiger charge is -2.34. The normalized spacial score (nSPS) is 16.1. The number of hydrogen-bond donors (Lipinski definition) is 0. The fourth-order valence-corrected chi connectivity index (χ4v) is 3.65. The number of ether oxygens (including phenoxy) is 2. The van der Waals surface area contributed by atoms with Crippen molar-refractivity contribution < 1.29 is 18.8 Å². The van der Waals surface area contributed by atoms with Gasteiger partial charge in [0.2, 0.25) is 6.79 Å². The van der Waals surface area contributed by atoms with Gasteiger partial charge in [0.05, 0.1) is 6.54 Å². The third kappa shape index (κ3) is 3.73. The molecule has 1 fully saturated rings. The number of aryl methyl sites for hydroxylation is 1. The van der Waals surface area contributed by atoms with Crippen LogP contribution in [0.4, 0.5) is 0 Å². The fourth-order valence-electron chi connectivity index (χ4n) is 3.65. The van der Waals surface area contributed by atoms with Crippen LogP contribution < -0.4 is 9.47 Å². The molecule has 30 heavy (non-hydrogen) atoms. The third-order valence-corrected chi connectivity index (χ3v) is 5.41. The van der Waals surface area contributed by atoms with Crippen LogP contribution in [0.25, 0.3) is 11.5 Å². The monoisotopic (exact) mass is 406 g/mol. The largest absolute Gasteiger partial charge is 0.454 e. The number of fused-ring (bicyclic) bond motifs is 1. The lowest BCUT2D eigenvalue weighted by atomic mass is 10.1. The van der Waals surface area contributed by atoms with Gasteiger partial charge in [-0.3, -0.25) is 9.69 Å². The third-order valence-electron chi connectivity index (χ3n) is 5.41. The second-order valence-electron chi connectivity index (χ2n) is 7.52. The Morgan fingerprint density at radius 2 is 1.77 bits per heavy atom. The smallest absolute Gasteiger partial charge is 0.257 e. The Kier molecular flexibility index (Phi) is 4.84. The topological polar surface area (TPSA) is 80.9 Å². The van der Waals surface area contributed by atoms with Crippen molar-refractivity contribution in [3.8, 4) is 23.0 Å². The first kappa shape index (κ1) is 18.6. The molecular formula is C22H22N4O4. The molecule has 1 amide bonds. The number of benzene rings is 2. The SMILES string of the molecule is Cc1ccc(-c2nc(CN3CCN(C(=O)c4ccc5c(c4)OCO5)CC3)no2)cc1. The molecule has 8 heteroatoms. The van der Waals surface area contributed by atoms with Crippen LogP contribution in [0.5, 0.6) is 11.5 Å². The van der Waals surface area contributed by atoms with E-state index in [4.69, 9.17) is 14.0 Å². The van der Waals surface area contributed by atoms with E-state index in [0.29, 0.717) is 48.4 Å². The van der Waals surface area contributed by atoms with Gasteiger partial charge < -0.3 is 18.9 Å². The van der Waals surface area contributed by atoms with E-state index in [-0.39, 0.29) is 12.7 Å². The summed E-state index contributed by atoms with van der Waals surface area (Å²) in [6.07, 6.45) is 0. The van der Waals surface area contributed by atoms with E-state index in [0.717, 1.165) is 18.7 Å². The standard InChI is InChI=1S/C22H22N4O4/c1-15-2-4-16(5-3-15)21-23-20(24-30-21)13-25-8-10-26(11-9-25)22(27)17-6-7-18-19(12-17)29-14-28-18/h2-7,12H,8-11,13-14H2,1H3. The predicted octanol–water partition coefficient (Wildman–Crippen LogP) is 2.73. The van der Waals surface area contributed by atoms with Crippen LogP contribution in [-0.4, -0.2) is 58.8 Å². The van der Waals surface area contributed by atoms with E-state index >= 15 is 0 Å². The van der Waals surface area contributed by atoms with E-state index in [1.807, 2.05) is 36.1 Å². The lowest BCUT2D eigenvalue weighted by Crippen LogP contribution is -2.48. The van der Waals surface area contributed by atoms with Crippen LogP contribution in [0.3, 0.4) is 0 Å². The number of hydrogen-bond acceptors (Lipinski definition) is 7. The molecule has 1 saturated heterocycles. The maximum Gasteiger partial charge on any atom is 0.257 e. The van der Waals surface area contributed by atoms with Crippen LogP contribution in [0.15, 0.2) is 47.0 Å². The van der Waals surface area contributed by atoms with E-state index in [9.17, 15) is 4.79 Å². The maximum atomic E-state index is 12.8. The summed E-state index contributed by atoms with van der Waals surface area (Å²) >= 11 is 0. The molecule has 2 aliphatic rings. The highest BCUT2D eigenvalue weighted by molar-refractivity contribution is 5.95. The molecule has 0 radical (unpaired) electrons. The van der Waals surface area contributed by atoms with E-state index < -0.39 is 0 Å². The average molecular weight is 406 g/mol. The first-order chi connectivity index (χ1) is 14.7. The molecule has 0 bridgehead atoms. The van der Waals surface area contributed by atoms with Gasteiger partial charge in [0.1, 0.15) is 0 Å². The number of rotatable bonds is 4. The Labute approximate surface area is 174 Å². The number of amides is 1. The molecule has 0 atom stereocenters. The molecule has 5 rings (SSSR count). The Bertz CT molecular complexity index is 1060. The number of nitrogens with zero attached hydrogens (tertiary/aromatic N) is 4. The number of piperazine rings is 1. The summed E-state index contributed by atoms with van der Waals surface area (Å²) in [4.78, 5) is 21.4. The van der Waals surface area contributed by atoms with Crippen LogP contribution in [0.2, 0.25) is 0 Å². The molecule has 2 aromatic carbocycles. The van der Waals surface area contributed by atoms with Crippen LogP contribution in [-0.2, 0) is 6.54 Å². The van der Waals surface area contributed by atoms with E-state index in [2.05, 4.69) is 15.0 Å². The van der Waals surface area contributed by atoms with E-state index in [1.165, 1.54) is 5.56 Å². The molecule has 0 N–H and O–H groups in total. The first-order valence-electron chi connectivity index (χ1n) is 9.96. The zero-order valence-corrected chi connectivity index (χ0v) is 16.7. The van der Waals surface area contributed by atoms with Gasteiger partial charge in [0.15, 0.2) is 17.3 Å². The fraction of sp³-hybridized carbons (Fsp3) is 0.318. The van der Waals surface area contributed by atoms with Crippen molar-refractivity contribution in [1.29, 1.82) is 0 Å². The highest BCUT2D eigenvalue weighted by Gasteiger charge is 2.25. The molecule has 2 aliphatic heterocycles. The van der Waals surface area contributed by atoms with Gasteiger partial charge in [0, 0.05) is 37.3 Å². The molecule has 8 nitrogen and oxygen atoms in total.